The summed E-state index contributed by atoms with van der Waals surface area (Å²) in [5.41, 5.74) is 4.31. The molecule has 1 aliphatic rings. The van der Waals surface area contributed by atoms with Crippen LogP contribution < -0.4 is 20.0 Å². The van der Waals surface area contributed by atoms with E-state index in [2.05, 4.69) is 10.5 Å². The van der Waals surface area contributed by atoms with Gasteiger partial charge in [0, 0.05) is 0 Å². The quantitative estimate of drug-likeness (QED) is 0.653. The Bertz CT molecular complexity index is 832. The molecule has 0 saturated carbocycles. The van der Waals surface area contributed by atoms with Crippen LogP contribution in [0.3, 0.4) is 0 Å². The number of sulfonamides is 1. The molecule has 2 aromatic carbocycles. The molecule has 0 aromatic heterocycles. The first kappa shape index (κ1) is 15.3. The number of hydrogen-bond donors (Lipinski definition) is 2. The number of primary sulfonamides is 1. The van der Waals surface area contributed by atoms with Gasteiger partial charge in [-0.25, -0.2) is 13.6 Å². The van der Waals surface area contributed by atoms with E-state index in [1.165, 1.54) is 12.1 Å². The van der Waals surface area contributed by atoms with Crippen molar-refractivity contribution in [3.63, 3.8) is 0 Å². The van der Waals surface area contributed by atoms with Gasteiger partial charge in [0.2, 0.25) is 10.0 Å². The summed E-state index contributed by atoms with van der Waals surface area (Å²) in [4.78, 5) is 0.0545. The van der Waals surface area contributed by atoms with Crippen LogP contribution in [0.1, 0.15) is 5.56 Å². The Balaban J connectivity index is 1.67. The first-order valence-electron chi connectivity index (χ1n) is 6.84. The molecule has 3 rings (SSSR count). The van der Waals surface area contributed by atoms with Crippen LogP contribution in [0.4, 0.5) is 5.69 Å². The molecule has 23 heavy (non-hydrogen) atoms. The number of nitrogens with one attached hydrogen (secondary N) is 1. The molecule has 0 bridgehead atoms. The van der Waals surface area contributed by atoms with Gasteiger partial charge in [-0.3, -0.25) is 5.43 Å². The van der Waals surface area contributed by atoms with Crippen LogP contribution in [0.15, 0.2) is 52.5 Å². The second-order valence-corrected chi connectivity index (χ2v) is 6.40. The fourth-order valence-electron chi connectivity index (χ4n) is 2.04. The van der Waals surface area contributed by atoms with E-state index in [0.717, 1.165) is 11.3 Å². The molecular weight excluding hydrogens is 318 g/mol. The lowest BCUT2D eigenvalue weighted by Gasteiger charge is -2.18. The highest BCUT2D eigenvalue weighted by Crippen LogP contribution is 2.30. The number of hydrazone groups is 1. The maximum Gasteiger partial charge on any atom is 0.238 e. The summed E-state index contributed by atoms with van der Waals surface area (Å²) >= 11 is 0. The van der Waals surface area contributed by atoms with Crippen molar-refractivity contribution in [1.29, 1.82) is 0 Å². The fraction of sp³-hybridized carbons (Fsp3) is 0.133. The molecule has 0 atom stereocenters. The second kappa shape index (κ2) is 6.27. The molecule has 1 aliphatic heterocycles. The third kappa shape index (κ3) is 3.79. The number of nitrogens with two attached hydrogens (primary N) is 1. The lowest BCUT2D eigenvalue weighted by Crippen LogP contribution is -2.15. The van der Waals surface area contributed by atoms with Crippen molar-refractivity contribution in [2.75, 3.05) is 18.6 Å². The minimum Gasteiger partial charge on any atom is -0.486 e. The summed E-state index contributed by atoms with van der Waals surface area (Å²) < 4.78 is 33.3. The highest BCUT2D eigenvalue weighted by molar-refractivity contribution is 7.89. The number of hydrogen-bond acceptors (Lipinski definition) is 6. The molecule has 0 aliphatic carbocycles. The average molecular weight is 333 g/mol. The second-order valence-electron chi connectivity index (χ2n) is 4.84. The zero-order valence-corrected chi connectivity index (χ0v) is 12.9. The van der Waals surface area contributed by atoms with Crippen molar-refractivity contribution < 1.29 is 17.9 Å². The third-order valence-corrected chi connectivity index (χ3v) is 4.09. The first-order chi connectivity index (χ1) is 11.0. The van der Waals surface area contributed by atoms with Gasteiger partial charge in [0.25, 0.3) is 0 Å². The summed E-state index contributed by atoms with van der Waals surface area (Å²) in [6.45, 7) is 1.08. The van der Waals surface area contributed by atoms with Gasteiger partial charge >= 0.3 is 0 Å². The predicted octanol–water partition coefficient (Wildman–Crippen LogP) is 1.55. The van der Waals surface area contributed by atoms with Gasteiger partial charge in [0.15, 0.2) is 11.5 Å². The van der Waals surface area contributed by atoms with Crippen molar-refractivity contribution >= 4 is 21.9 Å². The van der Waals surface area contributed by atoms with E-state index in [4.69, 9.17) is 14.6 Å². The monoisotopic (exact) mass is 333 g/mol. The van der Waals surface area contributed by atoms with Gasteiger partial charge in [0.05, 0.1) is 16.8 Å². The van der Waals surface area contributed by atoms with Crippen LogP contribution in [0.5, 0.6) is 11.5 Å². The highest BCUT2D eigenvalue weighted by Gasteiger charge is 2.10. The Morgan fingerprint density at radius 2 is 1.74 bits per heavy atom. The van der Waals surface area contributed by atoms with Crippen molar-refractivity contribution in [2.45, 2.75) is 4.90 Å². The SMILES string of the molecule is NS(=O)(=O)c1ccc(N/N=C\c2ccc3c(c2)OCCO3)cc1. The molecular formula is C15H15N3O4S. The zero-order chi connectivity index (χ0) is 16.3. The van der Waals surface area contributed by atoms with Crippen LogP contribution in [-0.4, -0.2) is 27.8 Å². The Morgan fingerprint density at radius 1 is 1.04 bits per heavy atom. The number of fused-ring (bicyclic) bond motifs is 1. The molecule has 8 heteroatoms. The van der Waals surface area contributed by atoms with Crippen molar-refractivity contribution in [3.8, 4) is 11.5 Å². The predicted molar refractivity (Wildman–Crippen MR) is 86.5 cm³/mol. The molecule has 7 nitrogen and oxygen atoms in total. The van der Waals surface area contributed by atoms with Crippen LogP contribution in [-0.2, 0) is 10.0 Å². The fourth-order valence-corrected chi connectivity index (χ4v) is 2.56. The molecule has 120 valence electrons. The largest absolute Gasteiger partial charge is 0.486 e. The number of nitrogens with zero attached hydrogens (tertiary/aromatic N) is 1. The average Bonchev–Trinajstić information content (AvgIpc) is 2.54. The number of anilines is 1. The van der Waals surface area contributed by atoms with Crippen LogP contribution >= 0.6 is 0 Å². The summed E-state index contributed by atoms with van der Waals surface area (Å²) in [7, 11) is -3.68. The molecule has 3 N–H and O–H groups in total. The molecule has 0 saturated heterocycles. The van der Waals surface area contributed by atoms with E-state index in [-0.39, 0.29) is 4.90 Å². The lowest BCUT2D eigenvalue weighted by atomic mass is 10.2. The molecule has 1 heterocycles. The zero-order valence-electron chi connectivity index (χ0n) is 12.1. The van der Waals surface area contributed by atoms with Gasteiger partial charge in [0.1, 0.15) is 13.2 Å². The van der Waals surface area contributed by atoms with E-state index in [1.807, 2.05) is 18.2 Å². The lowest BCUT2D eigenvalue weighted by molar-refractivity contribution is 0.171. The Kier molecular flexibility index (Phi) is 4.18. The van der Waals surface area contributed by atoms with E-state index < -0.39 is 10.0 Å². The van der Waals surface area contributed by atoms with Crippen LogP contribution in [0.2, 0.25) is 0 Å². The third-order valence-electron chi connectivity index (χ3n) is 3.16. The van der Waals surface area contributed by atoms with Crippen LogP contribution in [0.25, 0.3) is 0 Å². The Hall–Kier alpha value is -2.58. The Labute approximate surface area is 133 Å². The van der Waals surface area contributed by atoms with Gasteiger partial charge in [-0.1, -0.05) is 0 Å². The summed E-state index contributed by atoms with van der Waals surface area (Å²) in [5, 5.41) is 9.14. The minimum absolute atomic E-state index is 0.0545. The van der Waals surface area contributed by atoms with Crippen molar-refractivity contribution in [1.82, 2.24) is 0 Å². The number of ether oxygens (including phenoxy) is 2. The number of rotatable bonds is 4. The molecule has 2 aromatic rings. The normalized spacial score (nSPS) is 14.0. The van der Waals surface area contributed by atoms with Crippen LogP contribution in [0, 0.1) is 0 Å². The molecule has 0 fully saturated rings. The molecule has 0 unspecified atom stereocenters. The van der Waals surface area contributed by atoms with Crippen molar-refractivity contribution in [2.24, 2.45) is 10.2 Å². The maximum absolute atomic E-state index is 11.2. The van der Waals surface area contributed by atoms with Crippen molar-refractivity contribution in [3.05, 3.63) is 48.0 Å². The smallest absolute Gasteiger partial charge is 0.238 e. The van der Waals surface area contributed by atoms with E-state index >= 15 is 0 Å². The van der Waals surface area contributed by atoms with E-state index in [0.29, 0.717) is 24.7 Å². The summed E-state index contributed by atoms with van der Waals surface area (Å²) in [5.74, 6) is 1.41. The van der Waals surface area contributed by atoms with E-state index in [1.54, 1.807) is 18.3 Å². The highest BCUT2D eigenvalue weighted by atomic mass is 32.2. The number of benzene rings is 2. The molecule has 0 radical (unpaired) electrons. The minimum atomic E-state index is -3.68. The van der Waals surface area contributed by atoms with Gasteiger partial charge in [-0.05, 0) is 48.0 Å². The summed E-state index contributed by atoms with van der Waals surface area (Å²) in [6, 6.07) is 11.5. The van der Waals surface area contributed by atoms with E-state index in [9.17, 15) is 8.42 Å². The summed E-state index contributed by atoms with van der Waals surface area (Å²) in [6.07, 6.45) is 1.63. The maximum atomic E-state index is 11.2. The first-order valence-corrected chi connectivity index (χ1v) is 8.38. The molecule has 0 amide bonds. The molecule has 0 spiro atoms. The van der Waals surface area contributed by atoms with Gasteiger partial charge in [-0.15, -0.1) is 0 Å². The topological polar surface area (TPSA) is 103 Å². The Morgan fingerprint density at radius 3 is 2.43 bits per heavy atom. The van der Waals surface area contributed by atoms with Gasteiger partial charge < -0.3 is 9.47 Å². The standard InChI is InChI=1S/C15H15N3O4S/c16-23(19,20)13-4-2-12(3-5-13)18-17-10-11-1-6-14-15(9-11)22-8-7-21-14/h1-6,9-10,18H,7-8H2,(H2,16,19,20)/b17-10-. The van der Waals surface area contributed by atoms with Gasteiger partial charge in [-0.2, -0.15) is 5.10 Å².